The smallest absolute Gasteiger partial charge is 0.161 e. The maximum atomic E-state index is 6.03. The lowest BCUT2D eigenvalue weighted by Gasteiger charge is -2.32. The van der Waals surface area contributed by atoms with Gasteiger partial charge in [-0.15, -0.1) is 0 Å². The molecule has 2 aliphatic heterocycles. The van der Waals surface area contributed by atoms with Crippen LogP contribution >= 0.6 is 0 Å². The number of hydrogen-bond acceptors (Lipinski definition) is 3. The molecule has 1 atom stereocenters. The summed E-state index contributed by atoms with van der Waals surface area (Å²) in [5, 5.41) is 0. The van der Waals surface area contributed by atoms with Crippen molar-refractivity contribution in [1.29, 1.82) is 0 Å². The minimum absolute atomic E-state index is 0.0856. The quantitative estimate of drug-likeness (QED) is 0.324. The molecular formula is C32H31NO2. The second-order valence-corrected chi connectivity index (χ2v) is 10.2. The molecule has 4 aromatic rings. The molecule has 0 bridgehead atoms. The third-order valence-electron chi connectivity index (χ3n) is 7.65. The Morgan fingerprint density at radius 2 is 1.29 bits per heavy atom. The molecule has 0 radical (unpaired) electrons. The van der Waals surface area contributed by atoms with Crippen LogP contribution in [0.4, 0.5) is 5.69 Å². The summed E-state index contributed by atoms with van der Waals surface area (Å²) in [6.07, 6.45) is 1.03. The molecule has 0 aliphatic carbocycles. The van der Waals surface area contributed by atoms with Gasteiger partial charge >= 0.3 is 0 Å². The minimum atomic E-state index is -0.0856. The SMILES string of the molecule is CC(C)(c1ccc(C2COc3ccccc3C2)cc1)c1ccc(N2COc3ccccc3C2)cc1. The average Bonchev–Trinajstić information content (AvgIpc) is 2.92. The summed E-state index contributed by atoms with van der Waals surface area (Å²) < 4.78 is 12.0. The number of rotatable bonds is 4. The zero-order valence-corrected chi connectivity index (χ0v) is 20.4. The van der Waals surface area contributed by atoms with Crippen LogP contribution in [0.2, 0.25) is 0 Å². The summed E-state index contributed by atoms with van der Waals surface area (Å²) in [5.74, 6) is 2.43. The Bertz CT molecular complexity index is 1220. The van der Waals surface area contributed by atoms with Crippen LogP contribution in [-0.2, 0) is 18.4 Å². The van der Waals surface area contributed by atoms with E-state index in [-0.39, 0.29) is 5.41 Å². The van der Waals surface area contributed by atoms with E-state index in [4.69, 9.17) is 9.47 Å². The Kier molecular flexibility index (Phi) is 5.49. The van der Waals surface area contributed by atoms with E-state index in [0.29, 0.717) is 12.6 Å². The van der Waals surface area contributed by atoms with Gasteiger partial charge in [-0.3, -0.25) is 0 Å². The van der Waals surface area contributed by atoms with Crippen molar-refractivity contribution in [3.8, 4) is 11.5 Å². The zero-order valence-electron chi connectivity index (χ0n) is 20.4. The van der Waals surface area contributed by atoms with Crippen molar-refractivity contribution < 1.29 is 9.47 Å². The number of fused-ring (bicyclic) bond motifs is 2. The Morgan fingerprint density at radius 3 is 2.00 bits per heavy atom. The molecule has 6 rings (SSSR count). The lowest BCUT2D eigenvalue weighted by atomic mass is 9.77. The van der Waals surface area contributed by atoms with Crippen molar-refractivity contribution in [2.75, 3.05) is 18.2 Å². The molecule has 0 spiro atoms. The summed E-state index contributed by atoms with van der Waals surface area (Å²) in [7, 11) is 0. The summed E-state index contributed by atoms with van der Waals surface area (Å²) in [6, 6.07) is 34.8. The number of nitrogens with zero attached hydrogens (tertiary/aromatic N) is 1. The van der Waals surface area contributed by atoms with E-state index in [2.05, 4.69) is 97.6 Å². The first kappa shape index (κ1) is 21.8. The molecule has 0 amide bonds. The van der Waals surface area contributed by atoms with E-state index in [9.17, 15) is 0 Å². The van der Waals surface area contributed by atoms with Crippen LogP contribution in [0.15, 0.2) is 97.1 Å². The molecule has 0 saturated heterocycles. The lowest BCUT2D eigenvalue weighted by molar-refractivity contribution is 0.262. The van der Waals surface area contributed by atoms with Gasteiger partial charge in [-0.05, 0) is 52.9 Å². The van der Waals surface area contributed by atoms with Gasteiger partial charge in [0.05, 0.1) is 6.61 Å². The molecule has 4 aromatic carbocycles. The van der Waals surface area contributed by atoms with Gasteiger partial charge in [0, 0.05) is 29.1 Å². The molecule has 0 saturated carbocycles. The van der Waals surface area contributed by atoms with E-state index >= 15 is 0 Å². The molecule has 3 heteroatoms. The summed E-state index contributed by atoms with van der Waals surface area (Å²) in [5.41, 5.74) is 7.61. The van der Waals surface area contributed by atoms with Crippen LogP contribution in [0, 0.1) is 0 Å². The molecule has 35 heavy (non-hydrogen) atoms. The van der Waals surface area contributed by atoms with Crippen LogP contribution in [-0.4, -0.2) is 13.3 Å². The van der Waals surface area contributed by atoms with E-state index in [1.165, 1.54) is 33.5 Å². The number of anilines is 1. The number of benzene rings is 4. The molecule has 0 N–H and O–H groups in total. The van der Waals surface area contributed by atoms with Gasteiger partial charge in [-0.1, -0.05) is 86.6 Å². The summed E-state index contributed by atoms with van der Waals surface area (Å²) in [4.78, 5) is 2.28. The highest BCUT2D eigenvalue weighted by Crippen LogP contribution is 2.36. The predicted molar refractivity (Wildman–Crippen MR) is 142 cm³/mol. The predicted octanol–water partition coefficient (Wildman–Crippen LogP) is 7.09. The molecule has 2 aliphatic rings. The first-order valence-corrected chi connectivity index (χ1v) is 12.5. The van der Waals surface area contributed by atoms with Crippen molar-refractivity contribution in [1.82, 2.24) is 0 Å². The maximum Gasteiger partial charge on any atom is 0.161 e. The monoisotopic (exact) mass is 461 g/mol. The Hall–Kier alpha value is -3.72. The van der Waals surface area contributed by atoms with Gasteiger partial charge in [-0.2, -0.15) is 0 Å². The number of ether oxygens (including phenoxy) is 2. The van der Waals surface area contributed by atoms with Crippen LogP contribution in [0.1, 0.15) is 47.6 Å². The highest BCUT2D eigenvalue weighted by Gasteiger charge is 2.26. The first-order valence-electron chi connectivity index (χ1n) is 12.5. The molecule has 0 fully saturated rings. The van der Waals surface area contributed by atoms with Crippen molar-refractivity contribution in [2.45, 2.75) is 38.1 Å². The average molecular weight is 462 g/mol. The van der Waals surface area contributed by atoms with Crippen LogP contribution in [0.5, 0.6) is 11.5 Å². The third-order valence-corrected chi connectivity index (χ3v) is 7.65. The van der Waals surface area contributed by atoms with Crippen molar-refractivity contribution in [2.24, 2.45) is 0 Å². The maximum absolute atomic E-state index is 6.03. The Labute approximate surface area is 207 Å². The van der Waals surface area contributed by atoms with Gasteiger partial charge in [0.1, 0.15) is 11.5 Å². The molecule has 3 nitrogen and oxygen atoms in total. The fourth-order valence-electron chi connectivity index (χ4n) is 5.31. The van der Waals surface area contributed by atoms with E-state index in [1.54, 1.807) is 0 Å². The van der Waals surface area contributed by atoms with Gasteiger partial charge in [-0.25, -0.2) is 0 Å². The molecule has 1 unspecified atom stereocenters. The van der Waals surface area contributed by atoms with Crippen LogP contribution in [0.3, 0.4) is 0 Å². The van der Waals surface area contributed by atoms with Crippen molar-refractivity contribution in [3.63, 3.8) is 0 Å². The zero-order chi connectivity index (χ0) is 23.8. The Morgan fingerprint density at radius 1 is 0.686 bits per heavy atom. The summed E-state index contributed by atoms with van der Waals surface area (Å²) >= 11 is 0. The summed E-state index contributed by atoms with van der Waals surface area (Å²) in [6.45, 7) is 6.80. The van der Waals surface area contributed by atoms with Crippen molar-refractivity contribution in [3.05, 3.63) is 125 Å². The van der Waals surface area contributed by atoms with Crippen LogP contribution in [0.25, 0.3) is 0 Å². The first-order chi connectivity index (χ1) is 17.1. The standard InChI is InChI=1S/C32H31NO2/c1-32(2,27-13-11-23(12-14-27)26-19-24-7-3-5-9-30(24)34-21-26)28-15-17-29(18-16-28)33-20-25-8-4-6-10-31(25)35-22-33/h3-18,26H,19-22H2,1-2H3. The number of hydrogen-bond donors (Lipinski definition) is 0. The topological polar surface area (TPSA) is 21.7 Å². The minimum Gasteiger partial charge on any atom is -0.493 e. The molecule has 2 heterocycles. The lowest BCUT2D eigenvalue weighted by Crippen LogP contribution is -2.31. The van der Waals surface area contributed by atoms with Crippen LogP contribution < -0.4 is 14.4 Å². The molecule has 176 valence electrons. The van der Waals surface area contributed by atoms with E-state index in [1.807, 2.05) is 18.2 Å². The van der Waals surface area contributed by atoms with Gasteiger partial charge in [0.2, 0.25) is 0 Å². The molecule has 0 aromatic heterocycles. The van der Waals surface area contributed by atoms with Gasteiger partial charge < -0.3 is 14.4 Å². The number of para-hydroxylation sites is 2. The second kappa shape index (κ2) is 8.81. The highest BCUT2D eigenvalue weighted by molar-refractivity contribution is 5.53. The third kappa shape index (κ3) is 4.16. The fraction of sp³-hybridized carbons (Fsp3) is 0.250. The molecular weight excluding hydrogens is 430 g/mol. The largest absolute Gasteiger partial charge is 0.493 e. The van der Waals surface area contributed by atoms with E-state index in [0.717, 1.165) is 31.1 Å². The highest BCUT2D eigenvalue weighted by atomic mass is 16.5. The second-order valence-electron chi connectivity index (χ2n) is 10.2. The fourth-order valence-corrected chi connectivity index (χ4v) is 5.31. The Balaban J connectivity index is 1.17. The normalized spacial score (nSPS) is 17.1. The van der Waals surface area contributed by atoms with Gasteiger partial charge in [0.25, 0.3) is 0 Å². The van der Waals surface area contributed by atoms with Gasteiger partial charge in [0.15, 0.2) is 6.73 Å². The van der Waals surface area contributed by atoms with E-state index < -0.39 is 0 Å². The van der Waals surface area contributed by atoms with Crippen molar-refractivity contribution >= 4 is 5.69 Å².